The van der Waals surface area contributed by atoms with Crippen molar-refractivity contribution >= 4 is 22.8 Å². The monoisotopic (exact) mass is 616 g/mol. The van der Waals surface area contributed by atoms with Crippen LogP contribution in [0.3, 0.4) is 0 Å². The molecule has 0 radical (unpaired) electrons. The average Bonchev–Trinajstić information content (AvgIpc) is 3.04. The lowest BCUT2D eigenvalue weighted by atomic mass is 9.87. The number of fused-ring (bicyclic) bond motifs is 1. The number of aliphatic hydroxyl groups is 1. The zero-order valence-corrected chi connectivity index (χ0v) is 26.1. The number of amides is 2. The predicted molar refractivity (Wildman–Crippen MR) is 171 cm³/mol. The number of ether oxygens (including phenoxy) is 2. The van der Waals surface area contributed by atoms with Gasteiger partial charge in [-0.05, 0) is 74.9 Å². The number of halogens is 1. The molecule has 1 heterocycles. The van der Waals surface area contributed by atoms with Crippen molar-refractivity contribution in [2.75, 3.05) is 14.2 Å². The highest BCUT2D eigenvalue weighted by Crippen LogP contribution is 2.28. The van der Waals surface area contributed by atoms with E-state index in [1.807, 2.05) is 48.5 Å². The SMILES string of the molecule is COc1ccc(CNC(=O)[C@H](CCC(C)(C)F)C[C@H](O)[C@H](Cc2ccccc2)NC(=O)c2cnc3ccccc3n2)cc1OC. The molecule has 1 aromatic heterocycles. The highest BCUT2D eigenvalue weighted by atomic mass is 19.1. The molecule has 9 nitrogen and oxygen atoms in total. The molecule has 0 unspecified atom stereocenters. The number of aromatic nitrogens is 2. The van der Waals surface area contributed by atoms with Crippen LogP contribution in [0.1, 0.15) is 54.7 Å². The maximum Gasteiger partial charge on any atom is 0.271 e. The predicted octanol–water partition coefficient (Wildman–Crippen LogP) is 5.20. The van der Waals surface area contributed by atoms with Crippen molar-refractivity contribution < 1.29 is 28.6 Å². The van der Waals surface area contributed by atoms with Crippen molar-refractivity contribution in [1.29, 1.82) is 0 Å². The number of hydrogen-bond donors (Lipinski definition) is 3. The molecule has 3 atom stereocenters. The molecule has 4 aromatic rings. The molecule has 0 saturated heterocycles. The smallest absolute Gasteiger partial charge is 0.271 e. The first-order valence-corrected chi connectivity index (χ1v) is 15.0. The number of alkyl halides is 1. The second-order valence-electron chi connectivity index (χ2n) is 11.7. The van der Waals surface area contributed by atoms with Crippen LogP contribution in [0.25, 0.3) is 11.0 Å². The lowest BCUT2D eigenvalue weighted by molar-refractivity contribution is -0.126. The van der Waals surface area contributed by atoms with E-state index in [2.05, 4.69) is 20.6 Å². The highest BCUT2D eigenvalue weighted by Gasteiger charge is 2.30. The van der Waals surface area contributed by atoms with Gasteiger partial charge >= 0.3 is 0 Å². The standard InChI is InChI=1S/C35H41FN4O5/c1-35(2,36)17-16-25(33(42)38-21-24-14-15-31(44-3)32(19-24)45-4)20-30(41)28(18-23-10-6-5-7-11-23)40-34(43)29-22-37-26-12-8-9-13-27(26)39-29/h5-15,19,22,25,28,30,41H,16-18,20-21H2,1-4H3,(H,38,42)(H,40,43)/t25-,28+,30+/m1/s1. The van der Waals surface area contributed by atoms with Gasteiger partial charge in [-0.15, -0.1) is 0 Å². The van der Waals surface area contributed by atoms with Crippen LogP contribution in [0.15, 0.2) is 79.0 Å². The lowest BCUT2D eigenvalue weighted by Crippen LogP contribution is -2.47. The van der Waals surface area contributed by atoms with E-state index >= 15 is 0 Å². The van der Waals surface area contributed by atoms with E-state index < -0.39 is 29.6 Å². The summed E-state index contributed by atoms with van der Waals surface area (Å²) in [6.45, 7) is 3.13. The van der Waals surface area contributed by atoms with E-state index in [0.717, 1.165) is 11.1 Å². The van der Waals surface area contributed by atoms with Gasteiger partial charge in [0.15, 0.2) is 11.5 Å². The fourth-order valence-electron chi connectivity index (χ4n) is 5.11. The van der Waals surface area contributed by atoms with Crippen LogP contribution in [0.4, 0.5) is 4.39 Å². The van der Waals surface area contributed by atoms with E-state index in [1.54, 1.807) is 31.4 Å². The van der Waals surface area contributed by atoms with Crippen LogP contribution in [-0.4, -0.2) is 58.9 Å². The first kappa shape index (κ1) is 33.3. The number of carbonyl (C=O) groups excluding carboxylic acids is 2. The van der Waals surface area contributed by atoms with Gasteiger partial charge in [0.25, 0.3) is 5.91 Å². The second kappa shape index (κ2) is 15.4. The number of hydrogen-bond acceptors (Lipinski definition) is 7. The Balaban J connectivity index is 1.52. The Labute approximate surface area is 263 Å². The minimum Gasteiger partial charge on any atom is -0.493 e. The normalized spacial score (nSPS) is 13.5. The van der Waals surface area contributed by atoms with Crippen LogP contribution < -0.4 is 20.1 Å². The molecular weight excluding hydrogens is 575 g/mol. The number of methoxy groups -OCH3 is 2. The largest absolute Gasteiger partial charge is 0.493 e. The quantitative estimate of drug-likeness (QED) is 0.168. The molecule has 3 N–H and O–H groups in total. The molecular formula is C35H41FN4O5. The van der Waals surface area contributed by atoms with Gasteiger partial charge in [-0.25, -0.2) is 9.37 Å². The van der Waals surface area contributed by atoms with Gasteiger partial charge in [0.2, 0.25) is 5.91 Å². The number of carbonyl (C=O) groups is 2. The molecule has 0 fully saturated rings. The summed E-state index contributed by atoms with van der Waals surface area (Å²) >= 11 is 0. The molecule has 0 aliphatic carbocycles. The Bertz CT molecular complexity index is 1580. The van der Waals surface area contributed by atoms with E-state index in [-0.39, 0.29) is 37.4 Å². The Morgan fingerprint density at radius 2 is 1.62 bits per heavy atom. The maximum absolute atomic E-state index is 14.6. The Hall–Kier alpha value is -4.57. The summed E-state index contributed by atoms with van der Waals surface area (Å²) in [5.74, 6) is -0.428. The fraction of sp³-hybridized carbons (Fsp3) is 0.371. The molecule has 0 bridgehead atoms. The molecule has 238 valence electrons. The molecule has 10 heteroatoms. The number of nitrogens with one attached hydrogen (secondary N) is 2. The van der Waals surface area contributed by atoms with Crippen LogP contribution in [0, 0.1) is 5.92 Å². The topological polar surface area (TPSA) is 123 Å². The summed E-state index contributed by atoms with van der Waals surface area (Å²) in [6, 6.07) is 21.3. The van der Waals surface area contributed by atoms with Gasteiger partial charge in [0.05, 0.1) is 43.6 Å². The number of rotatable bonds is 15. The number of para-hydroxylation sites is 2. The summed E-state index contributed by atoms with van der Waals surface area (Å²) in [5, 5.41) is 17.4. The molecule has 45 heavy (non-hydrogen) atoms. The van der Waals surface area contributed by atoms with Gasteiger partial charge in [0, 0.05) is 12.5 Å². The Morgan fingerprint density at radius 3 is 2.31 bits per heavy atom. The second-order valence-corrected chi connectivity index (χ2v) is 11.7. The Morgan fingerprint density at radius 1 is 0.933 bits per heavy atom. The first-order chi connectivity index (χ1) is 21.6. The van der Waals surface area contributed by atoms with Gasteiger partial charge in [-0.1, -0.05) is 48.5 Å². The van der Waals surface area contributed by atoms with Crippen LogP contribution in [-0.2, 0) is 17.8 Å². The van der Waals surface area contributed by atoms with Gasteiger partial charge in [0.1, 0.15) is 11.4 Å². The summed E-state index contributed by atoms with van der Waals surface area (Å²) in [6.07, 6.45) is 0.925. The van der Waals surface area contributed by atoms with Crippen molar-refractivity contribution in [1.82, 2.24) is 20.6 Å². The number of aliphatic hydroxyl groups excluding tert-OH is 1. The van der Waals surface area contributed by atoms with E-state index in [1.165, 1.54) is 27.2 Å². The van der Waals surface area contributed by atoms with Crippen molar-refractivity contribution in [3.63, 3.8) is 0 Å². The zero-order valence-electron chi connectivity index (χ0n) is 26.1. The van der Waals surface area contributed by atoms with Crippen molar-refractivity contribution in [3.05, 3.63) is 95.8 Å². The van der Waals surface area contributed by atoms with Gasteiger partial charge in [-0.2, -0.15) is 0 Å². The fourth-order valence-corrected chi connectivity index (χ4v) is 5.11. The molecule has 4 rings (SSSR count). The third kappa shape index (κ3) is 9.71. The van der Waals surface area contributed by atoms with Crippen LogP contribution in [0.5, 0.6) is 11.5 Å². The summed E-state index contributed by atoms with van der Waals surface area (Å²) in [5.41, 5.74) is 1.53. The molecule has 0 saturated carbocycles. The summed E-state index contributed by atoms with van der Waals surface area (Å²) < 4.78 is 25.2. The van der Waals surface area contributed by atoms with Crippen molar-refractivity contribution in [3.8, 4) is 11.5 Å². The third-order valence-corrected chi connectivity index (χ3v) is 7.66. The lowest BCUT2D eigenvalue weighted by Gasteiger charge is -2.28. The van der Waals surface area contributed by atoms with E-state index in [0.29, 0.717) is 29.0 Å². The minimum absolute atomic E-state index is 0.00895. The third-order valence-electron chi connectivity index (χ3n) is 7.66. The molecule has 0 aliphatic rings. The van der Waals surface area contributed by atoms with E-state index in [4.69, 9.17) is 9.47 Å². The highest BCUT2D eigenvalue weighted by molar-refractivity contribution is 5.94. The molecule has 2 amide bonds. The van der Waals surface area contributed by atoms with Crippen LogP contribution >= 0.6 is 0 Å². The first-order valence-electron chi connectivity index (χ1n) is 15.0. The Kier molecular flexibility index (Phi) is 11.4. The van der Waals surface area contributed by atoms with Crippen molar-refractivity contribution in [2.24, 2.45) is 5.92 Å². The van der Waals surface area contributed by atoms with Gasteiger partial charge in [-0.3, -0.25) is 14.6 Å². The number of benzene rings is 3. The maximum atomic E-state index is 14.6. The summed E-state index contributed by atoms with van der Waals surface area (Å²) in [4.78, 5) is 35.6. The summed E-state index contributed by atoms with van der Waals surface area (Å²) in [7, 11) is 3.08. The average molecular weight is 617 g/mol. The van der Waals surface area contributed by atoms with Crippen molar-refractivity contribution in [2.45, 2.75) is 63.9 Å². The molecule has 3 aromatic carbocycles. The van der Waals surface area contributed by atoms with Gasteiger partial charge < -0.3 is 25.2 Å². The minimum atomic E-state index is -1.50. The van der Waals surface area contributed by atoms with Crippen LogP contribution in [0.2, 0.25) is 0 Å². The zero-order chi connectivity index (χ0) is 32.4. The number of nitrogens with zero attached hydrogens (tertiary/aromatic N) is 2. The molecule has 0 spiro atoms. The van der Waals surface area contributed by atoms with E-state index in [9.17, 15) is 19.1 Å². The molecule has 0 aliphatic heterocycles.